The minimum absolute atomic E-state index is 0.0837. The molecule has 1 atom stereocenters. The van der Waals surface area contributed by atoms with Gasteiger partial charge in [-0.1, -0.05) is 12.1 Å². The van der Waals surface area contributed by atoms with Crippen molar-refractivity contribution in [3.05, 3.63) is 53.6 Å². The standard InChI is InChI=1S/C22H31N4O2/c1-8-26(6,7)28-22(27)17-11-14-19-20(15-17)25(5)21(24(19)4)16-9-12-18(13-10-16)23(2)3/h9-15,21H,8H2,1-7H3/q+1. The second kappa shape index (κ2) is 7.36. The van der Waals surface area contributed by atoms with Crippen LogP contribution in [-0.4, -0.2) is 59.4 Å². The van der Waals surface area contributed by atoms with Crippen molar-refractivity contribution in [2.45, 2.75) is 13.1 Å². The van der Waals surface area contributed by atoms with Crippen LogP contribution in [0, 0.1) is 0 Å². The molecule has 1 unspecified atom stereocenters. The number of carbonyl (C=O) groups is 1. The highest BCUT2D eigenvalue weighted by molar-refractivity contribution is 5.93. The van der Waals surface area contributed by atoms with Crippen molar-refractivity contribution in [1.29, 1.82) is 0 Å². The first kappa shape index (κ1) is 20.0. The van der Waals surface area contributed by atoms with Gasteiger partial charge in [-0.3, -0.25) is 4.84 Å². The molecule has 2 aromatic rings. The maximum Gasteiger partial charge on any atom is 0.397 e. The van der Waals surface area contributed by atoms with Gasteiger partial charge in [0.2, 0.25) is 0 Å². The number of fused-ring (bicyclic) bond motifs is 1. The molecule has 0 radical (unpaired) electrons. The van der Waals surface area contributed by atoms with Crippen molar-refractivity contribution in [3.8, 4) is 0 Å². The molecule has 1 aliphatic rings. The van der Waals surface area contributed by atoms with Crippen LogP contribution in [0.25, 0.3) is 0 Å². The molecule has 0 saturated carbocycles. The Hall–Kier alpha value is -2.73. The van der Waals surface area contributed by atoms with E-state index in [4.69, 9.17) is 4.84 Å². The fraction of sp³-hybridized carbons (Fsp3) is 0.409. The van der Waals surface area contributed by atoms with Gasteiger partial charge in [0.15, 0.2) is 0 Å². The molecule has 6 heteroatoms. The molecule has 0 spiro atoms. The topological polar surface area (TPSA) is 36.0 Å². The average molecular weight is 384 g/mol. The fourth-order valence-electron chi connectivity index (χ4n) is 3.49. The highest BCUT2D eigenvalue weighted by Crippen LogP contribution is 2.45. The third-order valence-electron chi connectivity index (χ3n) is 5.50. The molecule has 0 amide bonds. The summed E-state index contributed by atoms with van der Waals surface area (Å²) in [7, 11) is 12.0. The molecule has 0 aliphatic carbocycles. The van der Waals surface area contributed by atoms with Crippen LogP contribution < -0.4 is 14.7 Å². The third kappa shape index (κ3) is 3.64. The Bertz CT molecular complexity index is 861. The molecule has 1 heterocycles. The number of quaternary nitrogens is 1. The van der Waals surface area contributed by atoms with Gasteiger partial charge in [0.05, 0.1) is 16.9 Å². The van der Waals surface area contributed by atoms with Gasteiger partial charge in [0.1, 0.15) is 26.8 Å². The van der Waals surface area contributed by atoms with E-state index in [2.05, 4.69) is 53.1 Å². The molecule has 0 aromatic heterocycles. The van der Waals surface area contributed by atoms with Gasteiger partial charge >= 0.3 is 5.97 Å². The predicted octanol–water partition coefficient (Wildman–Crippen LogP) is 3.51. The number of nitrogens with zero attached hydrogens (tertiary/aromatic N) is 4. The number of carbonyl (C=O) groups excluding carboxylic acids is 1. The second-order valence-corrected chi connectivity index (χ2v) is 8.05. The number of hydroxylamine groups is 3. The second-order valence-electron chi connectivity index (χ2n) is 8.05. The van der Waals surface area contributed by atoms with E-state index in [0.717, 1.165) is 11.4 Å². The van der Waals surface area contributed by atoms with E-state index in [1.54, 1.807) is 0 Å². The summed E-state index contributed by atoms with van der Waals surface area (Å²) in [5.74, 6) is -0.301. The summed E-state index contributed by atoms with van der Waals surface area (Å²) < 4.78 is 0.201. The van der Waals surface area contributed by atoms with Crippen molar-refractivity contribution in [1.82, 2.24) is 0 Å². The zero-order chi connectivity index (χ0) is 20.6. The Kier molecular flexibility index (Phi) is 5.26. The lowest BCUT2D eigenvalue weighted by Crippen LogP contribution is -2.41. The molecular weight excluding hydrogens is 352 g/mol. The number of benzene rings is 2. The van der Waals surface area contributed by atoms with Crippen molar-refractivity contribution in [2.24, 2.45) is 0 Å². The van der Waals surface area contributed by atoms with Gasteiger partial charge in [-0.05, 0) is 42.8 Å². The van der Waals surface area contributed by atoms with Crippen LogP contribution in [0.1, 0.15) is 29.0 Å². The highest BCUT2D eigenvalue weighted by atomic mass is 16.7. The molecule has 1 aliphatic heterocycles. The minimum atomic E-state index is -0.301. The lowest BCUT2D eigenvalue weighted by Gasteiger charge is -2.28. The largest absolute Gasteiger partial charge is 0.397 e. The number of hydrogen-bond acceptors (Lipinski definition) is 5. The molecule has 2 aromatic carbocycles. The minimum Gasteiger partial charge on any atom is -0.378 e. The van der Waals surface area contributed by atoms with Crippen LogP contribution in [-0.2, 0) is 4.84 Å². The quantitative estimate of drug-likeness (QED) is 0.583. The summed E-state index contributed by atoms with van der Waals surface area (Å²) in [6, 6.07) is 14.4. The SMILES string of the molecule is CC[N+](C)(C)OC(=O)c1ccc2c(c1)N(C)C(c1ccc(N(C)C)cc1)N2C. The van der Waals surface area contributed by atoms with Crippen LogP contribution in [0.4, 0.5) is 17.1 Å². The normalized spacial score (nSPS) is 16.2. The molecule has 6 nitrogen and oxygen atoms in total. The van der Waals surface area contributed by atoms with Crippen LogP contribution in [0.15, 0.2) is 42.5 Å². The van der Waals surface area contributed by atoms with Gasteiger partial charge in [0, 0.05) is 33.9 Å². The number of anilines is 3. The summed E-state index contributed by atoms with van der Waals surface area (Å²) >= 11 is 0. The van der Waals surface area contributed by atoms with Gasteiger partial charge < -0.3 is 14.7 Å². The molecule has 0 saturated heterocycles. The Labute approximate surface area is 168 Å². The van der Waals surface area contributed by atoms with Gasteiger partial charge in [-0.25, -0.2) is 4.79 Å². The first-order valence-corrected chi connectivity index (χ1v) is 9.58. The van der Waals surface area contributed by atoms with Crippen LogP contribution in [0.3, 0.4) is 0 Å². The van der Waals surface area contributed by atoms with E-state index >= 15 is 0 Å². The predicted molar refractivity (Wildman–Crippen MR) is 115 cm³/mol. The average Bonchev–Trinajstić information content (AvgIpc) is 2.91. The fourth-order valence-corrected chi connectivity index (χ4v) is 3.49. The first-order valence-electron chi connectivity index (χ1n) is 9.58. The molecule has 0 bridgehead atoms. The Morgan fingerprint density at radius 3 is 2.21 bits per heavy atom. The van der Waals surface area contributed by atoms with E-state index in [0.29, 0.717) is 12.1 Å². The van der Waals surface area contributed by atoms with Crippen LogP contribution >= 0.6 is 0 Å². The maximum atomic E-state index is 12.6. The summed E-state index contributed by atoms with van der Waals surface area (Å²) in [6.45, 7) is 2.70. The monoisotopic (exact) mass is 383 g/mol. The Balaban J connectivity index is 1.88. The molecule has 3 rings (SSSR count). The first-order chi connectivity index (χ1) is 13.1. The van der Waals surface area contributed by atoms with Crippen LogP contribution in [0.2, 0.25) is 0 Å². The summed E-state index contributed by atoms with van der Waals surface area (Å²) in [5, 5.41) is 0. The highest BCUT2D eigenvalue weighted by Gasteiger charge is 2.33. The van der Waals surface area contributed by atoms with Gasteiger partial charge in [-0.15, -0.1) is 4.65 Å². The lowest BCUT2D eigenvalue weighted by atomic mass is 10.1. The number of rotatable bonds is 5. The van der Waals surface area contributed by atoms with Crippen molar-refractivity contribution in [2.75, 3.05) is 63.5 Å². The van der Waals surface area contributed by atoms with E-state index in [9.17, 15) is 4.79 Å². The van der Waals surface area contributed by atoms with E-state index in [-0.39, 0.29) is 16.8 Å². The van der Waals surface area contributed by atoms with Crippen molar-refractivity contribution in [3.63, 3.8) is 0 Å². The molecule has 150 valence electrons. The summed E-state index contributed by atoms with van der Waals surface area (Å²) in [4.78, 5) is 24.7. The summed E-state index contributed by atoms with van der Waals surface area (Å²) in [6.07, 6.45) is 0.0837. The van der Waals surface area contributed by atoms with E-state index < -0.39 is 0 Å². The van der Waals surface area contributed by atoms with E-state index in [1.807, 2.05) is 53.3 Å². The lowest BCUT2D eigenvalue weighted by molar-refractivity contribution is -1.06. The van der Waals surface area contributed by atoms with Gasteiger partial charge in [0.25, 0.3) is 0 Å². The van der Waals surface area contributed by atoms with E-state index in [1.165, 1.54) is 11.3 Å². The zero-order valence-corrected chi connectivity index (χ0v) is 17.9. The van der Waals surface area contributed by atoms with Crippen molar-refractivity contribution < 1.29 is 14.3 Å². The Morgan fingerprint density at radius 2 is 1.64 bits per heavy atom. The van der Waals surface area contributed by atoms with Crippen LogP contribution in [0.5, 0.6) is 0 Å². The molecule has 28 heavy (non-hydrogen) atoms. The van der Waals surface area contributed by atoms with Gasteiger partial charge in [-0.2, -0.15) is 0 Å². The summed E-state index contributed by atoms with van der Waals surface area (Å²) in [5.41, 5.74) is 5.08. The smallest absolute Gasteiger partial charge is 0.378 e. The zero-order valence-electron chi connectivity index (χ0n) is 17.9. The molecule has 0 fully saturated rings. The number of hydrogen-bond donors (Lipinski definition) is 0. The van der Waals surface area contributed by atoms with Crippen molar-refractivity contribution >= 4 is 23.0 Å². The molecular formula is C22H31N4O2+. The Morgan fingerprint density at radius 1 is 1.04 bits per heavy atom. The third-order valence-corrected chi connectivity index (χ3v) is 5.50. The maximum absolute atomic E-state index is 12.6. The molecule has 0 N–H and O–H groups in total.